The second kappa shape index (κ2) is 6.56. The molecule has 2 aliphatic rings. The molecule has 3 nitrogen and oxygen atoms in total. The van der Waals surface area contributed by atoms with Gasteiger partial charge in [-0.3, -0.25) is 4.90 Å². The van der Waals surface area contributed by atoms with Gasteiger partial charge in [-0.05, 0) is 5.92 Å². The van der Waals surface area contributed by atoms with Gasteiger partial charge < -0.3 is 9.47 Å². The molecule has 1 atom stereocenters. The van der Waals surface area contributed by atoms with E-state index in [1.54, 1.807) is 0 Å². The molecule has 101 valence electrons. The molecule has 1 aromatic carbocycles. The van der Waals surface area contributed by atoms with Crippen LogP contribution in [0.4, 0.5) is 0 Å². The SMILES string of the molecule is CCC1CN(CC2COc3ccc(C)[c-]c3O2)C1.[Y]. The molecule has 0 spiro atoms. The molecule has 1 saturated heterocycles. The fourth-order valence-electron chi connectivity index (χ4n) is 2.61. The van der Waals surface area contributed by atoms with Gasteiger partial charge in [-0.1, -0.05) is 20.3 Å². The molecule has 4 heteroatoms. The zero-order valence-corrected chi connectivity index (χ0v) is 14.5. The first-order chi connectivity index (χ1) is 8.74. The Kier molecular flexibility index (Phi) is 5.27. The number of nitrogens with zero attached hydrogens (tertiary/aromatic N) is 1. The molecule has 1 unspecified atom stereocenters. The van der Waals surface area contributed by atoms with Crippen molar-refractivity contribution in [1.29, 1.82) is 0 Å². The molecule has 1 radical (unpaired) electrons. The Morgan fingerprint density at radius 1 is 1.37 bits per heavy atom. The summed E-state index contributed by atoms with van der Waals surface area (Å²) in [6.07, 6.45) is 1.43. The van der Waals surface area contributed by atoms with Gasteiger partial charge in [-0.25, -0.2) is 0 Å². The van der Waals surface area contributed by atoms with Crippen LogP contribution in [0, 0.1) is 18.9 Å². The number of benzene rings is 1. The Hall–Kier alpha value is -0.116. The van der Waals surface area contributed by atoms with Gasteiger partial charge in [0.05, 0.1) is 0 Å². The topological polar surface area (TPSA) is 21.7 Å². The van der Waals surface area contributed by atoms with Crippen molar-refractivity contribution in [2.24, 2.45) is 5.92 Å². The number of likely N-dealkylation sites (tertiary alicyclic amines) is 1. The molecule has 2 heterocycles. The summed E-state index contributed by atoms with van der Waals surface area (Å²) in [7, 11) is 0. The number of fused-ring (bicyclic) bond motifs is 1. The van der Waals surface area contributed by atoms with E-state index in [9.17, 15) is 0 Å². The van der Waals surface area contributed by atoms with Crippen molar-refractivity contribution in [3.8, 4) is 11.5 Å². The number of hydrogen-bond donors (Lipinski definition) is 0. The minimum Gasteiger partial charge on any atom is -0.543 e. The Morgan fingerprint density at radius 3 is 2.89 bits per heavy atom. The number of ether oxygens (including phenoxy) is 2. The van der Waals surface area contributed by atoms with Crippen LogP contribution in [-0.4, -0.2) is 37.2 Å². The maximum atomic E-state index is 5.97. The van der Waals surface area contributed by atoms with E-state index >= 15 is 0 Å². The predicted octanol–water partition coefficient (Wildman–Crippen LogP) is 2.27. The zero-order valence-electron chi connectivity index (χ0n) is 11.7. The molecule has 0 N–H and O–H groups in total. The van der Waals surface area contributed by atoms with E-state index in [2.05, 4.69) is 17.9 Å². The number of aryl methyl sites for hydroxylation is 1. The van der Waals surface area contributed by atoms with E-state index in [0.29, 0.717) is 6.61 Å². The fourth-order valence-corrected chi connectivity index (χ4v) is 2.61. The average Bonchev–Trinajstić information content (AvgIpc) is 2.32. The van der Waals surface area contributed by atoms with E-state index in [1.807, 2.05) is 19.1 Å². The van der Waals surface area contributed by atoms with Crippen LogP contribution in [-0.2, 0) is 32.7 Å². The Bertz CT molecular complexity index is 432. The van der Waals surface area contributed by atoms with Crippen LogP contribution in [0.1, 0.15) is 18.9 Å². The van der Waals surface area contributed by atoms with Crippen LogP contribution in [0.15, 0.2) is 12.1 Å². The molecule has 2 aliphatic heterocycles. The van der Waals surface area contributed by atoms with Gasteiger partial charge in [0.25, 0.3) is 0 Å². The van der Waals surface area contributed by atoms with E-state index in [0.717, 1.165) is 29.5 Å². The summed E-state index contributed by atoms with van der Waals surface area (Å²) in [5, 5.41) is 0. The largest absolute Gasteiger partial charge is 0.543 e. The first-order valence-corrected chi connectivity index (χ1v) is 6.79. The summed E-state index contributed by atoms with van der Waals surface area (Å²) < 4.78 is 11.7. The summed E-state index contributed by atoms with van der Waals surface area (Å²) in [4.78, 5) is 2.45. The Labute approximate surface area is 140 Å². The zero-order chi connectivity index (χ0) is 12.5. The summed E-state index contributed by atoms with van der Waals surface area (Å²) in [5.41, 5.74) is 1.09. The maximum Gasteiger partial charge on any atom is 0.141 e. The van der Waals surface area contributed by atoms with Crippen molar-refractivity contribution in [1.82, 2.24) is 4.90 Å². The second-order valence-corrected chi connectivity index (χ2v) is 5.38. The molecule has 1 aromatic rings. The Morgan fingerprint density at radius 2 is 2.16 bits per heavy atom. The molecule has 1 fully saturated rings. The van der Waals surface area contributed by atoms with E-state index < -0.39 is 0 Å². The molecular weight excluding hydrogens is 315 g/mol. The summed E-state index contributed by atoms with van der Waals surface area (Å²) in [5.74, 6) is 2.49. The van der Waals surface area contributed by atoms with Crippen LogP contribution in [0.5, 0.6) is 11.5 Å². The van der Waals surface area contributed by atoms with Gasteiger partial charge >= 0.3 is 0 Å². The van der Waals surface area contributed by atoms with E-state index in [-0.39, 0.29) is 38.8 Å². The van der Waals surface area contributed by atoms with Gasteiger partial charge in [0, 0.05) is 63.8 Å². The van der Waals surface area contributed by atoms with Gasteiger partial charge in [0.1, 0.15) is 12.7 Å². The summed E-state index contributed by atoms with van der Waals surface area (Å²) >= 11 is 0. The van der Waals surface area contributed by atoms with Crippen molar-refractivity contribution in [2.45, 2.75) is 26.4 Å². The smallest absolute Gasteiger partial charge is 0.141 e. The fraction of sp³-hybridized carbons (Fsp3) is 0.600. The van der Waals surface area contributed by atoms with Crippen LogP contribution < -0.4 is 9.47 Å². The molecular formula is C15H20NO2Y-. The van der Waals surface area contributed by atoms with Crippen molar-refractivity contribution in [3.63, 3.8) is 0 Å². The van der Waals surface area contributed by atoms with Crippen LogP contribution in [0.25, 0.3) is 0 Å². The number of hydrogen-bond acceptors (Lipinski definition) is 3. The molecule has 3 rings (SSSR count). The minimum atomic E-state index is 0. The minimum absolute atomic E-state index is 0. The number of rotatable bonds is 3. The third-order valence-electron chi connectivity index (χ3n) is 3.80. The standard InChI is InChI=1S/C15H20NO2.Y/c1-3-12-7-16(8-12)9-13-10-17-14-5-4-11(2)6-15(14)18-13;/h4-5,12-13H,3,7-10H2,1-2H3;/q-1;. The van der Waals surface area contributed by atoms with Gasteiger partial charge in [0.2, 0.25) is 0 Å². The Balaban J connectivity index is 0.00000133. The van der Waals surface area contributed by atoms with Crippen LogP contribution in [0.3, 0.4) is 0 Å². The van der Waals surface area contributed by atoms with Crippen molar-refractivity contribution >= 4 is 0 Å². The molecule has 0 aliphatic carbocycles. The van der Waals surface area contributed by atoms with Crippen molar-refractivity contribution < 1.29 is 42.2 Å². The van der Waals surface area contributed by atoms with Crippen LogP contribution in [0.2, 0.25) is 0 Å². The van der Waals surface area contributed by atoms with E-state index in [1.165, 1.54) is 19.5 Å². The van der Waals surface area contributed by atoms with E-state index in [4.69, 9.17) is 9.47 Å². The third-order valence-corrected chi connectivity index (χ3v) is 3.80. The molecule has 0 amide bonds. The second-order valence-electron chi connectivity index (χ2n) is 5.38. The average molecular weight is 335 g/mol. The maximum absolute atomic E-state index is 5.97. The third kappa shape index (κ3) is 3.50. The van der Waals surface area contributed by atoms with Gasteiger partial charge in [0.15, 0.2) is 0 Å². The predicted molar refractivity (Wildman–Crippen MR) is 70.1 cm³/mol. The van der Waals surface area contributed by atoms with Gasteiger partial charge in [-0.15, -0.1) is 12.1 Å². The first kappa shape index (κ1) is 15.3. The molecule has 0 saturated carbocycles. The normalized spacial score (nSPS) is 22.5. The molecule has 0 bridgehead atoms. The first-order valence-electron chi connectivity index (χ1n) is 6.79. The van der Waals surface area contributed by atoms with Crippen molar-refractivity contribution in [2.75, 3.05) is 26.2 Å². The van der Waals surface area contributed by atoms with Crippen LogP contribution >= 0.6 is 0 Å². The quantitative estimate of drug-likeness (QED) is 0.791. The summed E-state index contributed by atoms with van der Waals surface area (Å²) in [6.45, 7) is 8.32. The van der Waals surface area contributed by atoms with Gasteiger partial charge in [-0.2, -0.15) is 11.6 Å². The summed E-state index contributed by atoms with van der Waals surface area (Å²) in [6, 6.07) is 7.19. The molecule has 0 aromatic heterocycles. The van der Waals surface area contributed by atoms with Crippen molar-refractivity contribution in [3.05, 3.63) is 23.8 Å². The monoisotopic (exact) mass is 335 g/mol. The molecule has 19 heavy (non-hydrogen) atoms.